The molecule has 1 N–H and O–H groups in total. The maximum Gasteiger partial charge on any atom is 0.131 e. The predicted octanol–water partition coefficient (Wildman–Crippen LogP) is 3.34. The Morgan fingerprint density at radius 1 is 1.38 bits per heavy atom. The molecule has 1 unspecified atom stereocenters. The van der Waals surface area contributed by atoms with E-state index < -0.39 is 0 Å². The van der Waals surface area contributed by atoms with Crippen LogP contribution in [0.4, 0.5) is 5.69 Å². The molecule has 0 aliphatic carbocycles. The minimum atomic E-state index is 0.380. The zero-order valence-corrected chi connectivity index (χ0v) is 14.0. The third-order valence-corrected chi connectivity index (χ3v) is 4.25. The van der Waals surface area contributed by atoms with E-state index in [1.54, 1.807) is 0 Å². The number of rotatable bonds is 7. The molecule has 1 atom stereocenters. The van der Waals surface area contributed by atoms with Gasteiger partial charge in [-0.15, -0.1) is 0 Å². The first-order valence-corrected chi connectivity index (χ1v) is 8.47. The van der Waals surface area contributed by atoms with Crippen LogP contribution in [0.15, 0.2) is 6.20 Å². The summed E-state index contributed by atoms with van der Waals surface area (Å²) < 4.78 is 0. The molecule has 4 nitrogen and oxygen atoms in total. The molecule has 1 aromatic rings. The van der Waals surface area contributed by atoms with Crippen molar-refractivity contribution < 1.29 is 0 Å². The van der Waals surface area contributed by atoms with Crippen LogP contribution in [-0.2, 0) is 6.54 Å². The summed E-state index contributed by atoms with van der Waals surface area (Å²) in [6.07, 6.45) is 5.97. The Morgan fingerprint density at radius 3 is 2.86 bits per heavy atom. The van der Waals surface area contributed by atoms with Crippen molar-refractivity contribution >= 4 is 5.69 Å². The summed E-state index contributed by atoms with van der Waals surface area (Å²) in [7, 11) is 0. The van der Waals surface area contributed by atoms with Crippen LogP contribution in [0.1, 0.15) is 64.4 Å². The van der Waals surface area contributed by atoms with Gasteiger partial charge in [0.2, 0.25) is 0 Å². The Labute approximate surface area is 129 Å². The molecule has 1 aliphatic rings. The normalized spacial score (nSPS) is 18.7. The zero-order chi connectivity index (χ0) is 15.2. The fourth-order valence-corrected chi connectivity index (χ4v) is 3.04. The summed E-state index contributed by atoms with van der Waals surface area (Å²) in [6.45, 7) is 12.8. The van der Waals surface area contributed by atoms with Crippen molar-refractivity contribution in [3.63, 3.8) is 0 Å². The second kappa shape index (κ2) is 7.74. The van der Waals surface area contributed by atoms with Crippen LogP contribution in [0.2, 0.25) is 0 Å². The molecule has 0 bridgehead atoms. The summed E-state index contributed by atoms with van der Waals surface area (Å²) in [4.78, 5) is 11.9. The SMILES string of the molecule is CCCC1CCN(c2cnc(C(C)C)nc2CNCC)C1. The van der Waals surface area contributed by atoms with Gasteiger partial charge in [0.15, 0.2) is 0 Å². The van der Waals surface area contributed by atoms with Crippen molar-refractivity contribution in [1.29, 1.82) is 0 Å². The zero-order valence-electron chi connectivity index (χ0n) is 14.0. The lowest BCUT2D eigenvalue weighted by molar-refractivity contribution is 0.529. The molecule has 0 aromatic carbocycles. The largest absolute Gasteiger partial charge is 0.368 e. The van der Waals surface area contributed by atoms with Gasteiger partial charge in [-0.25, -0.2) is 9.97 Å². The summed E-state index contributed by atoms with van der Waals surface area (Å²) in [5, 5.41) is 3.41. The third-order valence-electron chi connectivity index (χ3n) is 4.25. The van der Waals surface area contributed by atoms with Crippen LogP contribution in [0.5, 0.6) is 0 Å². The monoisotopic (exact) mass is 290 g/mol. The second-order valence-electron chi connectivity index (χ2n) is 6.38. The first-order valence-electron chi connectivity index (χ1n) is 8.47. The van der Waals surface area contributed by atoms with Crippen LogP contribution in [-0.4, -0.2) is 29.6 Å². The van der Waals surface area contributed by atoms with Crippen molar-refractivity contribution in [3.05, 3.63) is 17.7 Å². The number of anilines is 1. The molecule has 1 aromatic heterocycles. The van der Waals surface area contributed by atoms with Gasteiger partial charge in [-0.3, -0.25) is 0 Å². The summed E-state index contributed by atoms with van der Waals surface area (Å²) in [5.41, 5.74) is 2.40. The van der Waals surface area contributed by atoms with Crippen LogP contribution in [0, 0.1) is 5.92 Å². The van der Waals surface area contributed by atoms with Gasteiger partial charge in [0.05, 0.1) is 17.6 Å². The van der Waals surface area contributed by atoms with E-state index in [2.05, 4.69) is 42.9 Å². The smallest absolute Gasteiger partial charge is 0.131 e. The van der Waals surface area contributed by atoms with Crippen LogP contribution >= 0.6 is 0 Å². The molecule has 1 aliphatic heterocycles. The summed E-state index contributed by atoms with van der Waals surface area (Å²) >= 11 is 0. The minimum absolute atomic E-state index is 0.380. The van der Waals surface area contributed by atoms with Gasteiger partial charge >= 0.3 is 0 Å². The number of nitrogens with zero attached hydrogens (tertiary/aromatic N) is 3. The average Bonchev–Trinajstić information content (AvgIpc) is 2.93. The molecule has 0 amide bonds. The number of hydrogen-bond acceptors (Lipinski definition) is 4. The number of aromatic nitrogens is 2. The Balaban J connectivity index is 2.17. The topological polar surface area (TPSA) is 41.1 Å². The molecule has 1 saturated heterocycles. The predicted molar refractivity (Wildman–Crippen MR) is 88.7 cm³/mol. The van der Waals surface area contributed by atoms with E-state index in [1.165, 1.54) is 24.9 Å². The second-order valence-corrected chi connectivity index (χ2v) is 6.38. The first-order chi connectivity index (χ1) is 10.2. The van der Waals surface area contributed by atoms with Gasteiger partial charge in [-0.1, -0.05) is 34.1 Å². The maximum absolute atomic E-state index is 4.81. The Bertz CT molecular complexity index is 444. The van der Waals surface area contributed by atoms with Crippen molar-refractivity contribution in [2.45, 2.75) is 59.4 Å². The highest BCUT2D eigenvalue weighted by molar-refractivity contribution is 5.50. The molecule has 2 heterocycles. The number of nitrogens with one attached hydrogen (secondary N) is 1. The van der Waals surface area contributed by atoms with Crippen LogP contribution < -0.4 is 10.2 Å². The van der Waals surface area contributed by atoms with Gasteiger partial charge in [0, 0.05) is 25.6 Å². The fraction of sp³-hybridized carbons (Fsp3) is 0.765. The van der Waals surface area contributed by atoms with E-state index in [9.17, 15) is 0 Å². The van der Waals surface area contributed by atoms with Crippen molar-refractivity contribution in [1.82, 2.24) is 15.3 Å². The highest BCUT2D eigenvalue weighted by Gasteiger charge is 2.24. The Hall–Kier alpha value is -1.16. The third kappa shape index (κ3) is 4.16. The number of hydrogen-bond donors (Lipinski definition) is 1. The summed E-state index contributed by atoms with van der Waals surface area (Å²) in [6, 6.07) is 0. The molecule has 118 valence electrons. The molecule has 4 heteroatoms. The van der Waals surface area contributed by atoms with Gasteiger partial charge in [-0.2, -0.15) is 0 Å². The van der Waals surface area contributed by atoms with E-state index in [0.717, 1.165) is 43.6 Å². The molecule has 0 saturated carbocycles. The Morgan fingerprint density at radius 2 is 2.19 bits per heavy atom. The van der Waals surface area contributed by atoms with E-state index in [1.807, 2.05) is 6.20 Å². The lowest BCUT2D eigenvalue weighted by Gasteiger charge is -2.22. The lowest BCUT2D eigenvalue weighted by Crippen LogP contribution is -2.24. The quantitative estimate of drug-likeness (QED) is 0.836. The van der Waals surface area contributed by atoms with E-state index >= 15 is 0 Å². The standard InChI is InChI=1S/C17H30N4/c1-5-7-14-8-9-21(12-14)16-11-19-17(13(3)4)20-15(16)10-18-6-2/h11,13-14,18H,5-10,12H2,1-4H3. The highest BCUT2D eigenvalue weighted by Crippen LogP contribution is 2.28. The molecule has 21 heavy (non-hydrogen) atoms. The van der Waals surface area contributed by atoms with E-state index in [-0.39, 0.29) is 0 Å². The molecule has 2 rings (SSSR count). The minimum Gasteiger partial charge on any atom is -0.368 e. The molecule has 0 radical (unpaired) electrons. The van der Waals surface area contributed by atoms with Crippen molar-refractivity contribution in [3.8, 4) is 0 Å². The molecular weight excluding hydrogens is 260 g/mol. The van der Waals surface area contributed by atoms with E-state index in [4.69, 9.17) is 4.98 Å². The van der Waals surface area contributed by atoms with Gasteiger partial charge in [0.1, 0.15) is 5.82 Å². The lowest BCUT2D eigenvalue weighted by atomic mass is 10.0. The van der Waals surface area contributed by atoms with Gasteiger partial charge in [0.25, 0.3) is 0 Å². The fourth-order valence-electron chi connectivity index (χ4n) is 3.04. The molecule has 1 fully saturated rings. The Kier molecular flexibility index (Phi) is 5.97. The van der Waals surface area contributed by atoms with Crippen LogP contribution in [0.25, 0.3) is 0 Å². The van der Waals surface area contributed by atoms with Crippen molar-refractivity contribution in [2.75, 3.05) is 24.5 Å². The molecule has 0 spiro atoms. The van der Waals surface area contributed by atoms with Gasteiger partial charge < -0.3 is 10.2 Å². The van der Waals surface area contributed by atoms with E-state index in [0.29, 0.717) is 5.92 Å². The first kappa shape index (κ1) is 16.2. The van der Waals surface area contributed by atoms with Crippen LogP contribution in [0.3, 0.4) is 0 Å². The average molecular weight is 290 g/mol. The van der Waals surface area contributed by atoms with Gasteiger partial charge in [-0.05, 0) is 25.3 Å². The van der Waals surface area contributed by atoms with Crippen molar-refractivity contribution in [2.24, 2.45) is 5.92 Å². The highest BCUT2D eigenvalue weighted by atomic mass is 15.2. The summed E-state index contributed by atoms with van der Waals surface area (Å²) in [5.74, 6) is 2.17. The molecular formula is C17H30N4. The maximum atomic E-state index is 4.81.